The van der Waals surface area contributed by atoms with Crippen molar-refractivity contribution in [3.05, 3.63) is 28.2 Å². The van der Waals surface area contributed by atoms with Crippen LogP contribution in [0.25, 0.3) is 0 Å². The van der Waals surface area contributed by atoms with E-state index in [1.807, 2.05) is 0 Å². The zero-order chi connectivity index (χ0) is 19.2. The first-order chi connectivity index (χ1) is 13.0. The molecule has 2 fully saturated rings. The number of carbonyl (C=O) groups excluding carboxylic acids is 2. The lowest BCUT2D eigenvalue weighted by Crippen LogP contribution is -2.48. The van der Waals surface area contributed by atoms with E-state index in [1.165, 1.54) is 19.3 Å². The van der Waals surface area contributed by atoms with Gasteiger partial charge in [0.1, 0.15) is 5.75 Å². The van der Waals surface area contributed by atoms with E-state index in [4.69, 9.17) is 27.9 Å². The average Bonchev–Trinajstić information content (AvgIpc) is 2.69. The number of carbonyl (C=O) groups is 2. The number of hydrogen-bond acceptors (Lipinski definition) is 3. The van der Waals surface area contributed by atoms with Crippen molar-refractivity contribution in [2.75, 3.05) is 19.7 Å². The maximum atomic E-state index is 12.6. The van der Waals surface area contributed by atoms with Gasteiger partial charge in [0.2, 0.25) is 5.91 Å². The van der Waals surface area contributed by atoms with E-state index < -0.39 is 0 Å². The second kappa shape index (κ2) is 9.65. The number of nitrogens with zero attached hydrogens (tertiary/aromatic N) is 1. The van der Waals surface area contributed by atoms with Crippen LogP contribution in [0.15, 0.2) is 18.2 Å². The number of hydrogen-bond donors (Lipinski definition) is 1. The molecule has 1 unspecified atom stereocenters. The van der Waals surface area contributed by atoms with E-state index >= 15 is 0 Å². The van der Waals surface area contributed by atoms with Crippen LogP contribution in [0, 0.1) is 5.92 Å². The van der Waals surface area contributed by atoms with Gasteiger partial charge < -0.3 is 15.0 Å². The first-order valence-electron chi connectivity index (χ1n) is 9.69. The zero-order valence-electron chi connectivity index (χ0n) is 15.4. The lowest BCUT2D eigenvalue weighted by Gasteiger charge is -2.33. The summed E-state index contributed by atoms with van der Waals surface area (Å²) in [6, 6.07) is 5.21. The largest absolute Gasteiger partial charge is 0.484 e. The highest BCUT2D eigenvalue weighted by Gasteiger charge is 2.30. The third-order valence-electron chi connectivity index (χ3n) is 5.35. The summed E-state index contributed by atoms with van der Waals surface area (Å²) in [5.74, 6) is 0.344. The van der Waals surface area contributed by atoms with Crippen molar-refractivity contribution in [1.29, 1.82) is 0 Å². The van der Waals surface area contributed by atoms with Crippen molar-refractivity contribution in [3.8, 4) is 5.75 Å². The molecule has 0 aromatic heterocycles. The van der Waals surface area contributed by atoms with Crippen LogP contribution in [-0.4, -0.2) is 42.5 Å². The summed E-state index contributed by atoms with van der Waals surface area (Å²) < 4.78 is 5.54. The highest BCUT2D eigenvalue weighted by molar-refractivity contribution is 6.42. The van der Waals surface area contributed by atoms with Gasteiger partial charge in [-0.1, -0.05) is 42.5 Å². The molecule has 1 aromatic rings. The number of likely N-dealkylation sites (tertiary alicyclic amines) is 1. The SMILES string of the molecule is O=C(NC1CCCCC1)C1CCCN(C(=O)COc2ccc(Cl)c(Cl)c2)C1. The smallest absolute Gasteiger partial charge is 0.260 e. The fraction of sp³-hybridized carbons (Fsp3) is 0.600. The Morgan fingerprint density at radius 1 is 1.07 bits per heavy atom. The minimum Gasteiger partial charge on any atom is -0.484 e. The van der Waals surface area contributed by atoms with Gasteiger partial charge >= 0.3 is 0 Å². The second-order valence-electron chi connectivity index (χ2n) is 7.39. The molecule has 1 saturated carbocycles. The highest BCUT2D eigenvalue weighted by atomic mass is 35.5. The molecule has 2 aliphatic rings. The predicted octanol–water partition coefficient (Wildman–Crippen LogP) is 4.06. The summed E-state index contributed by atoms with van der Waals surface area (Å²) in [7, 11) is 0. The predicted molar refractivity (Wildman–Crippen MR) is 106 cm³/mol. The van der Waals surface area contributed by atoms with Gasteiger partial charge in [-0.05, 0) is 37.8 Å². The Kier molecular flexibility index (Phi) is 7.25. The van der Waals surface area contributed by atoms with Gasteiger partial charge in [-0.3, -0.25) is 9.59 Å². The zero-order valence-corrected chi connectivity index (χ0v) is 16.9. The van der Waals surface area contributed by atoms with Gasteiger partial charge in [0.25, 0.3) is 5.91 Å². The number of piperidine rings is 1. The molecule has 1 aliphatic heterocycles. The quantitative estimate of drug-likeness (QED) is 0.792. The molecule has 5 nitrogen and oxygen atoms in total. The number of rotatable bonds is 5. The Morgan fingerprint density at radius 2 is 1.85 bits per heavy atom. The molecule has 27 heavy (non-hydrogen) atoms. The van der Waals surface area contributed by atoms with E-state index in [2.05, 4.69) is 5.32 Å². The van der Waals surface area contributed by atoms with Crippen LogP contribution in [0.1, 0.15) is 44.9 Å². The maximum absolute atomic E-state index is 12.6. The van der Waals surface area contributed by atoms with E-state index in [1.54, 1.807) is 23.1 Å². The fourth-order valence-corrected chi connectivity index (χ4v) is 4.07. The lowest BCUT2D eigenvalue weighted by molar-refractivity contribution is -0.137. The normalized spacial score (nSPS) is 21.0. The standard InChI is InChI=1S/C20H26Cl2N2O3/c21-17-9-8-16(11-18(17)22)27-13-19(25)24-10-4-5-14(12-24)20(26)23-15-6-2-1-3-7-15/h8-9,11,14-15H,1-7,10,12-13H2,(H,23,26). The Bertz CT molecular complexity index is 677. The molecular formula is C20H26Cl2N2O3. The Balaban J connectivity index is 1.48. The molecule has 2 amide bonds. The first-order valence-corrected chi connectivity index (χ1v) is 10.4. The molecule has 0 bridgehead atoms. The Morgan fingerprint density at radius 3 is 2.59 bits per heavy atom. The van der Waals surface area contributed by atoms with Crippen molar-refractivity contribution in [1.82, 2.24) is 10.2 Å². The molecular weight excluding hydrogens is 387 g/mol. The molecule has 1 saturated heterocycles. The summed E-state index contributed by atoms with van der Waals surface area (Å²) >= 11 is 11.8. The number of ether oxygens (including phenoxy) is 1. The molecule has 0 radical (unpaired) electrons. The summed E-state index contributed by atoms with van der Waals surface area (Å²) in [5, 5.41) is 4.01. The second-order valence-corrected chi connectivity index (χ2v) is 8.20. The van der Waals surface area contributed by atoms with Crippen molar-refractivity contribution >= 4 is 35.0 Å². The van der Waals surface area contributed by atoms with E-state index in [-0.39, 0.29) is 24.3 Å². The Labute approximate surface area is 170 Å². The molecule has 3 rings (SSSR count). The maximum Gasteiger partial charge on any atom is 0.260 e. The first kappa shape index (κ1) is 20.3. The van der Waals surface area contributed by atoms with Gasteiger partial charge in [-0.25, -0.2) is 0 Å². The van der Waals surface area contributed by atoms with Crippen LogP contribution in [0.4, 0.5) is 0 Å². The molecule has 1 heterocycles. The molecule has 7 heteroatoms. The molecule has 148 valence electrons. The minimum absolute atomic E-state index is 0.0745. The summed E-state index contributed by atoms with van der Waals surface area (Å²) in [5.41, 5.74) is 0. The summed E-state index contributed by atoms with van der Waals surface area (Å²) in [6.07, 6.45) is 7.43. The van der Waals surface area contributed by atoms with Crippen LogP contribution in [0.3, 0.4) is 0 Å². The third kappa shape index (κ3) is 5.76. The van der Waals surface area contributed by atoms with E-state index in [0.717, 1.165) is 25.7 Å². The van der Waals surface area contributed by atoms with Crippen LogP contribution >= 0.6 is 23.2 Å². The lowest BCUT2D eigenvalue weighted by atomic mass is 9.93. The van der Waals surface area contributed by atoms with Gasteiger partial charge in [0.15, 0.2) is 6.61 Å². The molecule has 1 aliphatic carbocycles. The molecule has 1 atom stereocenters. The monoisotopic (exact) mass is 412 g/mol. The number of benzene rings is 1. The Hall–Kier alpha value is -1.46. The van der Waals surface area contributed by atoms with E-state index in [9.17, 15) is 9.59 Å². The number of amides is 2. The number of nitrogens with one attached hydrogen (secondary N) is 1. The molecule has 0 spiro atoms. The highest BCUT2D eigenvalue weighted by Crippen LogP contribution is 2.26. The van der Waals surface area contributed by atoms with Gasteiger partial charge in [-0.15, -0.1) is 0 Å². The van der Waals surface area contributed by atoms with Crippen LogP contribution < -0.4 is 10.1 Å². The van der Waals surface area contributed by atoms with Crippen LogP contribution in [0.2, 0.25) is 10.0 Å². The fourth-order valence-electron chi connectivity index (χ4n) is 3.79. The van der Waals surface area contributed by atoms with Crippen molar-refractivity contribution in [3.63, 3.8) is 0 Å². The summed E-state index contributed by atoms with van der Waals surface area (Å²) in [4.78, 5) is 26.8. The minimum atomic E-state index is -0.130. The average molecular weight is 413 g/mol. The molecule has 1 aromatic carbocycles. The van der Waals surface area contributed by atoms with Crippen LogP contribution in [-0.2, 0) is 9.59 Å². The van der Waals surface area contributed by atoms with Gasteiger partial charge in [0, 0.05) is 25.2 Å². The van der Waals surface area contributed by atoms with E-state index in [0.29, 0.717) is 34.9 Å². The van der Waals surface area contributed by atoms with Crippen LogP contribution in [0.5, 0.6) is 5.75 Å². The van der Waals surface area contributed by atoms with Gasteiger partial charge in [-0.2, -0.15) is 0 Å². The van der Waals surface area contributed by atoms with Crippen molar-refractivity contribution in [2.45, 2.75) is 51.0 Å². The van der Waals surface area contributed by atoms with Crippen molar-refractivity contribution < 1.29 is 14.3 Å². The number of halogens is 2. The van der Waals surface area contributed by atoms with Crippen molar-refractivity contribution in [2.24, 2.45) is 5.92 Å². The molecule has 1 N–H and O–H groups in total. The summed E-state index contributed by atoms with van der Waals surface area (Å²) in [6.45, 7) is 1.05. The topological polar surface area (TPSA) is 58.6 Å². The van der Waals surface area contributed by atoms with Gasteiger partial charge in [0.05, 0.1) is 16.0 Å². The third-order valence-corrected chi connectivity index (χ3v) is 6.09.